The molecule has 1 N–H and O–H groups in total. The van der Waals surface area contributed by atoms with Crippen molar-refractivity contribution >= 4 is 27.5 Å². The maximum atomic E-state index is 12.2. The van der Waals surface area contributed by atoms with Gasteiger partial charge in [0.1, 0.15) is 23.0 Å². The fraction of sp³-hybridized carbons (Fsp3) is 0.350. The third-order valence-electron chi connectivity index (χ3n) is 4.40. The van der Waals surface area contributed by atoms with Gasteiger partial charge in [0.15, 0.2) is 6.61 Å². The number of nitrogens with one attached hydrogen (secondary N) is 1. The van der Waals surface area contributed by atoms with Gasteiger partial charge in [-0.15, -0.1) is 11.3 Å². The predicted octanol–water partition coefficient (Wildman–Crippen LogP) is 3.65. The number of aromatic amines is 1. The molecule has 0 radical (unpaired) electrons. The van der Waals surface area contributed by atoms with Crippen LogP contribution in [0, 0.1) is 34.6 Å². The molecule has 0 fully saturated rings. The van der Waals surface area contributed by atoms with Crippen LogP contribution in [0.4, 0.5) is 0 Å². The van der Waals surface area contributed by atoms with Gasteiger partial charge in [-0.05, 0) is 51.3 Å². The van der Waals surface area contributed by atoms with E-state index in [1.54, 1.807) is 0 Å². The topological polar surface area (TPSA) is 81.3 Å². The number of nitrogens with zero attached hydrogens (tertiary/aromatic N) is 1. The molecule has 0 unspecified atom stereocenters. The van der Waals surface area contributed by atoms with Crippen molar-refractivity contribution in [3.05, 3.63) is 55.4 Å². The minimum atomic E-state index is -0.518. The van der Waals surface area contributed by atoms with Crippen LogP contribution in [0.1, 0.15) is 33.0 Å². The molecule has 0 aliphatic carbocycles. The van der Waals surface area contributed by atoms with Gasteiger partial charge in [0.2, 0.25) is 0 Å². The van der Waals surface area contributed by atoms with E-state index in [1.165, 1.54) is 11.3 Å². The maximum absolute atomic E-state index is 12.2. The third-order valence-corrected chi connectivity index (χ3v) is 5.50. The first-order valence-electron chi connectivity index (χ1n) is 8.61. The van der Waals surface area contributed by atoms with Crippen molar-refractivity contribution in [2.75, 3.05) is 6.61 Å². The number of fused-ring (bicyclic) bond motifs is 1. The number of ether oxygens (including phenoxy) is 2. The summed E-state index contributed by atoms with van der Waals surface area (Å²) in [6.07, 6.45) is 0. The van der Waals surface area contributed by atoms with Crippen LogP contribution in [-0.2, 0) is 16.1 Å². The molecule has 1 aromatic carbocycles. The number of carbonyl (C=O) groups excluding carboxylic acids is 1. The number of rotatable bonds is 5. The van der Waals surface area contributed by atoms with Crippen molar-refractivity contribution in [2.45, 2.75) is 41.2 Å². The lowest BCUT2D eigenvalue weighted by molar-refractivity contribution is -0.147. The lowest BCUT2D eigenvalue weighted by Crippen LogP contribution is -2.18. The highest BCUT2D eigenvalue weighted by Crippen LogP contribution is 2.26. The molecule has 2 aromatic heterocycles. The monoisotopic (exact) mass is 386 g/mol. The lowest BCUT2D eigenvalue weighted by atomic mass is 10.1. The first-order chi connectivity index (χ1) is 12.8. The SMILES string of the molecule is Cc1cc(C)c(OCC(=O)OCc2nc3sc(C)c(C)c3c(=O)[nH]2)c(C)c1. The minimum absolute atomic E-state index is 0.102. The summed E-state index contributed by atoms with van der Waals surface area (Å²) in [6.45, 7) is 9.44. The number of hydrogen-bond acceptors (Lipinski definition) is 6. The number of aromatic nitrogens is 2. The predicted molar refractivity (Wildman–Crippen MR) is 106 cm³/mol. The summed E-state index contributed by atoms with van der Waals surface area (Å²) in [6, 6.07) is 4.01. The van der Waals surface area contributed by atoms with Gasteiger partial charge < -0.3 is 14.5 Å². The molecule has 0 spiro atoms. The van der Waals surface area contributed by atoms with E-state index in [2.05, 4.69) is 9.97 Å². The van der Waals surface area contributed by atoms with Gasteiger partial charge in [0, 0.05) is 4.88 Å². The zero-order valence-corrected chi connectivity index (χ0v) is 16.9. The van der Waals surface area contributed by atoms with E-state index >= 15 is 0 Å². The van der Waals surface area contributed by atoms with Gasteiger partial charge in [0.25, 0.3) is 5.56 Å². The largest absolute Gasteiger partial charge is 0.481 e. The summed E-state index contributed by atoms with van der Waals surface area (Å²) >= 11 is 1.46. The van der Waals surface area contributed by atoms with Gasteiger partial charge in [-0.1, -0.05) is 17.7 Å². The normalized spacial score (nSPS) is 11.0. The Morgan fingerprint density at radius 2 is 1.81 bits per heavy atom. The Labute approximate surface area is 161 Å². The van der Waals surface area contributed by atoms with Crippen LogP contribution in [0.3, 0.4) is 0 Å². The smallest absolute Gasteiger partial charge is 0.344 e. The second-order valence-corrected chi connectivity index (χ2v) is 7.86. The maximum Gasteiger partial charge on any atom is 0.344 e. The molecular weight excluding hydrogens is 364 g/mol. The Balaban J connectivity index is 1.64. The fourth-order valence-electron chi connectivity index (χ4n) is 3.08. The summed E-state index contributed by atoms with van der Waals surface area (Å²) < 4.78 is 10.8. The van der Waals surface area contributed by atoms with Crippen LogP contribution in [0.25, 0.3) is 10.2 Å². The van der Waals surface area contributed by atoms with Crippen molar-refractivity contribution < 1.29 is 14.3 Å². The highest BCUT2D eigenvalue weighted by atomic mass is 32.1. The Bertz CT molecular complexity index is 1060. The Hall–Kier alpha value is -2.67. The molecule has 0 saturated heterocycles. The molecule has 0 atom stereocenters. The molecule has 3 aromatic rings. The van der Waals surface area contributed by atoms with E-state index in [0.29, 0.717) is 21.8 Å². The zero-order valence-electron chi connectivity index (χ0n) is 16.1. The van der Waals surface area contributed by atoms with Gasteiger partial charge in [-0.3, -0.25) is 4.79 Å². The van der Waals surface area contributed by atoms with E-state index in [9.17, 15) is 9.59 Å². The average Bonchev–Trinajstić information content (AvgIpc) is 2.86. The number of aryl methyl sites for hydroxylation is 5. The molecule has 0 amide bonds. The van der Waals surface area contributed by atoms with Crippen LogP contribution < -0.4 is 10.3 Å². The molecule has 142 valence electrons. The average molecular weight is 386 g/mol. The first-order valence-corrected chi connectivity index (χ1v) is 9.43. The van der Waals surface area contributed by atoms with Crippen molar-refractivity contribution in [1.29, 1.82) is 0 Å². The summed E-state index contributed by atoms with van der Waals surface area (Å²) in [5.74, 6) is 0.496. The van der Waals surface area contributed by atoms with Crippen LogP contribution in [0.5, 0.6) is 5.75 Å². The van der Waals surface area contributed by atoms with E-state index < -0.39 is 5.97 Å². The summed E-state index contributed by atoms with van der Waals surface area (Å²) in [5.41, 5.74) is 3.81. The van der Waals surface area contributed by atoms with Crippen molar-refractivity contribution in [2.24, 2.45) is 0 Å². The molecule has 0 saturated carbocycles. The Morgan fingerprint density at radius 3 is 2.48 bits per heavy atom. The van der Waals surface area contributed by atoms with Gasteiger partial charge >= 0.3 is 5.97 Å². The summed E-state index contributed by atoms with van der Waals surface area (Å²) in [4.78, 5) is 33.0. The Morgan fingerprint density at radius 1 is 1.15 bits per heavy atom. The van der Waals surface area contributed by atoms with Crippen LogP contribution in [0.15, 0.2) is 16.9 Å². The van der Waals surface area contributed by atoms with E-state index in [0.717, 1.165) is 27.1 Å². The highest BCUT2D eigenvalue weighted by Gasteiger charge is 2.14. The molecular formula is C20H22N2O4S. The highest BCUT2D eigenvalue weighted by molar-refractivity contribution is 7.18. The number of benzene rings is 1. The van der Waals surface area contributed by atoms with Gasteiger partial charge in [-0.25, -0.2) is 9.78 Å². The van der Waals surface area contributed by atoms with Crippen LogP contribution >= 0.6 is 11.3 Å². The molecule has 0 bridgehead atoms. The second kappa shape index (κ2) is 7.52. The number of esters is 1. The first kappa shape index (κ1) is 19.1. The van der Waals surface area contributed by atoms with E-state index in [-0.39, 0.29) is 18.8 Å². The molecule has 2 heterocycles. The van der Waals surface area contributed by atoms with Crippen molar-refractivity contribution in [3.63, 3.8) is 0 Å². The lowest BCUT2D eigenvalue weighted by Gasteiger charge is -2.12. The van der Waals surface area contributed by atoms with Gasteiger partial charge in [0.05, 0.1) is 5.39 Å². The molecule has 3 rings (SSSR count). The summed E-state index contributed by atoms with van der Waals surface area (Å²) in [7, 11) is 0. The zero-order chi connectivity index (χ0) is 19.7. The van der Waals surface area contributed by atoms with E-state index in [4.69, 9.17) is 9.47 Å². The standard InChI is InChI=1S/C20H22N2O4S/c1-10-6-11(2)18(12(3)7-10)26-9-16(23)25-8-15-21-19(24)17-13(4)14(5)27-20(17)22-15/h6-7H,8-9H2,1-5H3,(H,21,22,24). The number of carbonyl (C=O) groups is 1. The van der Waals surface area contributed by atoms with Crippen LogP contribution in [0.2, 0.25) is 0 Å². The molecule has 0 aliphatic rings. The quantitative estimate of drug-likeness (QED) is 0.677. The molecule has 7 heteroatoms. The second-order valence-electron chi connectivity index (χ2n) is 6.65. The number of hydrogen-bond donors (Lipinski definition) is 1. The Kier molecular flexibility index (Phi) is 5.32. The summed E-state index contributed by atoms with van der Waals surface area (Å²) in [5, 5.41) is 0.598. The van der Waals surface area contributed by atoms with Crippen molar-refractivity contribution in [3.8, 4) is 5.75 Å². The van der Waals surface area contributed by atoms with Gasteiger partial charge in [-0.2, -0.15) is 0 Å². The van der Waals surface area contributed by atoms with E-state index in [1.807, 2.05) is 46.8 Å². The molecule has 6 nitrogen and oxygen atoms in total. The molecule has 0 aliphatic heterocycles. The van der Waals surface area contributed by atoms with Crippen molar-refractivity contribution in [1.82, 2.24) is 9.97 Å². The fourth-order valence-corrected chi connectivity index (χ4v) is 4.13. The minimum Gasteiger partial charge on any atom is -0.481 e. The number of thiophene rings is 1. The van der Waals surface area contributed by atoms with Crippen LogP contribution in [-0.4, -0.2) is 22.5 Å². The molecule has 27 heavy (non-hydrogen) atoms. The number of H-pyrrole nitrogens is 1. The third kappa shape index (κ3) is 4.03.